The maximum atomic E-state index is 12.3. The van der Waals surface area contributed by atoms with Crippen molar-refractivity contribution in [3.63, 3.8) is 0 Å². The van der Waals surface area contributed by atoms with E-state index >= 15 is 0 Å². The molecule has 0 bridgehead atoms. The van der Waals surface area contributed by atoms with Crippen molar-refractivity contribution in [3.8, 4) is 11.5 Å². The first-order valence-electron chi connectivity index (χ1n) is 9.65. The van der Waals surface area contributed by atoms with Gasteiger partial charge in [-0.25, -0.2) is 0 Å². The van der Waals surface area contributed by atoms with Gasteiger partial charge in [0.25, 0.3) is 0 Å². The molecule has 1 aliphatic heterocycles. The first-order chi connectivity index (χ1) is 15.2. The number of nitrogens with zero attached hydrogens (tertiary/aromatic N) is 3. The van der Waals surface area contributed by atoms with Crippen LogP contribution in [0.25, 0.3) is 0 Å². The highest BCUT2D eigenvalue weighted by Gasteiger charge is 2.35. The Hall–Kier alpha value is -3.40. The third-order valence-corrected chi connectivity index (χ3v) is 5.10. The molecule has 0 aromatic heterocycles. The van der Waals surface area contributed by atoms with Gasteiger partial charge in [0.2, 0.25) is 23.9 Å². The Morgan fingerprint density at radius 1 is 1.12 bits per heavy atom. The Bertz CT molecular complexity index is 1070. The molecule has 1 unspecified atom stereocenters. The average molecular weight is 504 g/mol. The van der Waals surface area contributed by atoms with E-state index in [0.29, 0.717) is 17.0 Å². The van der Waals surface area contributed by atoms with Gasteiger partial charge in [-0.1, -0.05) is 15.9 Å². The number of hydrazone groups is 1. The summed E-state index contributed by atoms with van der Waals surface area (Å²) in [6.45, 7) is 4.09. The maximum absolute atomic E-state index is 12.3. The number of hydrogen-bond donors (Lipinski definition) is 0. The third-order valence-electron chi connectivity index (χ3n) is 4.57. The summed E-state index contributed by atoms with van der Waals surface area (Å²) < 4.78 is 17.4. The van der Waals surface area contributed by atoms with Gasteiger partial charge in [0, 0.05) is 30.9 Å². The zero-order valence-electron chi connectivity index (χ0n) is 18.0. The van der Waals surface area contributed by atoms with Crippen molar-refractivity contribution in [1.29, 1.82) is 0 Å². The average Bonchev–Trinajstić information content (AvgIpc) is 3.16. The molecule has 0 spiro atoms. The van der Waals surface area contributed by atoms with Gasteiger partial charge in [-0.05, 0) is 42.5 Å². The van der Waals surface area contributed by atoms with Crippen molar-refractivity contribution in [2.75, 3.05) is 18.6 Å². The van der Waals surface area contributed by atoms with E-state index in [1.54, 1.807) is 30.3 Å². The molecule has 0 saturated carbocycles. The predicted molar refractivity (Wildman–Crippen MR) is 120 cm³/mol. The number of carbonyl (C=O) groups is 3. The highest BCUT2D eigenvalue weighted by atomic mass is 79.9. The highest BCUT2D eigenvalue weighted by molar-refractivity contribution is 9.10. The third kappa shape index (κ3) is 5.25. The van der Waals surface area contributed by atoms with Crippen LogP contribution in [0.5, 0.6) is 11.5 Å². The number of benzene rings is 2. The van der Waals surface area contributed by atoms with Crippen molar-refractivity contribution >= 4 is 45.3 Å². The van der Waals surface area contributed by atoms with Gasteiger partial charge in [0.15, 0.2) is 0 Å². The Balaban J connectivity index is 1.93. The smallest absolute Gasteiger partial charge is 0.308 e. The minimum atomic E-state index is -0.883. The molecule has 9 nitrogen and oxygen atoms in total. The minimum absolute atomic E-state index is 0.0381. The number of carbonyl (C=O) groups excluding carboxylic acids is 3. The van der Waals surface area contributed by atoms with Crippen LogP contribution in [-0.4, -0.2) is 48.6 Å². The molecule has 3 rings (SSSR count). The van der Waals surface area contributed by atoms with Crippen LogP contribution in [0.15, 0.2) is 52.0 Å². The van der Waals surface area contributed by atoms with E-state index < -0.39 is 12.2 Å². The number of methoxy groups -OCH3 is 1. The summed E-state index contributed by atoms with van der Waals surface area (Å²) in [4.78, 5) is 37.6. The summed E-state index contributed by atoms with van der Waals surface area (Å²) in [7, 11) is 1.50. The van der Waals surface area contributed by atoms with E-state index in [1.165, 1.54) is 32.8 Å². The van der Waals surface area contributed by atoms with Crippen LogP contribution < -0.4 is 14.4 Å². The summed E-state index contributed by atoms with van der Waals surface area (Å²) in [6.07, 6.45) is -0.883. The first-order valence-corrected chi connectivity index (χ1v) is 10.4. The summed E-state index contributed by atoms with van der Waals surface area (Å²) in [5.74, 6) is -0.360. The monoisotopic (exact) mass is 503 g/mol. The van der Waals surface area contributed by atoms with Crippen molar-refractivity contribution in [2.45, 2.75) is 27.0 Å². The molecular formula is C22H22BrN3O6. The molecule has 2 aromatic carbocycles. The second kappa shape index (κ2) is 9.82. The molecule has 0 aliphatic carbocycles. The molecule has 10 heteroatoms. The molecule has 0 N–H and O–H groups in total. The summed E-state index contributed by atoms with van der Waals surface area (Å²) in [6, 6.07) is 12.0. The highest BCUT2D eigenvalue weighted by Crippen LogP contribution is 2.30. The molecule has 2 aromatic rings. The van der Waals surface area contributed by atoms with Crippen LogP contribution in [0, 0.1) is 0 Å². The lowest BCUT2D eigenvalue weighted by atomic mass is 10.2. The number of ether oxygens (including phenoxy) is 3. The van der Waals surface area contributed by atoms with Crippen LogP contribution in [0.1, 0.15) is 26.3 Å². The molecule has 1 aliphatic rings. The van der Waals surface area contributed by atoms with E-state index in [1.807, 2.05) is 12.1 Å². The SMILES string of the molecule is COc1ccc(OC(C)=O)c(C2=NN(C(C)=O)C(CN(C(C)=O)c3ccc(Br)cc3)O2)c1. The number of anilines is 1. The zero-order chi connectivity index (χ0) is 23.4. The second-order valence-corrected chi connectivity index (χ2v) is 7.82. The zero-order valence-corrected chi connectivity index (χ0v) is 19.6. The fourth-order valence-corrected chi connectivity index (χ4v) is 3.37. The largest absolute Gasteiger partial charge is 0.497 e. The van der Waals surface area contributed by atoms with Crippen LogP contribution in [0.4, 0.5) is 5.69 Å². The van der Waals surface area contributed by atoms with Gasteiger partial charge in [-0.2, -0.15) is 5.01 Å². The maximum Gasteiger partial charge on any atom is 0.308 e. The van der Waals surface area contributed by atoms with Gasteiger partial charge >= 0.3 is 5.97 Å². The van der Waals surface area contributed by atoms with E-state index in [-0.39, 0.29) is 30.0 Å². The molecule has 0 radical (unpaired) electrons. The van der Waals surface area contributed by atoms with Gasteiger partial charge in [-0.15, -0.1) is 5.10 Å². The molecule has 2 amide bonds. The summed E-state index contributed by atoms with van der Waals surface area (Å²) in [5, 5.41) is 5.44. The first kappa shape index (κ1) is 23.3. The quantitative estimate of drug-likeness (QED) is 0.443. The lowest BCUT2D eigenvalue weighted by molar-refractivity contribution is -0.135. The van der Waals surface area contributed by atoms with Crippen molar-refractivity contribution < 1.29 is 28.6 Å². The van der Waals surface area contributed by atoms with Crippen molar-refractivity contribution in [2.24, 2.45) is 5.10 Å². The minimum Gasteiger partial charge on any atom is -0.497 e. The number of hydrogen-bond acceptors (Lipinski definition) is 7. The van der Waals surface area contributed by atoms with E-state index in [0.717, 1.165) is 9.48 Å². The molecule has 1 atom stereocenters. The summed E-state index contributed by atoms with van der Waals surface area (Å²) >= 11 is 3.37. The second-order valence-electron chi connectivity index (χ2n) is 6.90. The molecule has 32 heavy (non-hydrogen) atoms. The Morgan fingerprint density at radius 3 is 2.38 bits per heavy atom. The molecule has 168 valence electrons. The number of esters is 1. The Kier molecular flexibility index (Phi) is 7.14. The van der Waals surface area contributed by atoms with Gasteiger partial charge in [0.1, 0.15) is 11.5 Å². The van der Waals surface area contributed by atoms with Crippen LogP contribution >= 0.6 is 15.9 Å². The Morgan fingerprint density at radius 2 is 1.81 bits per heavy atom. The van der Waals surface area contributed by atoms with E-state index in [9.17, 15) is 14.4 Å². The van der Waals surface area contributed by atoms with Crippen LogP contribution in [0.3, 0.4) is 0 Å². The fourth-order valence-electron chi connectivity index (χ4n) is 3.11. The lowest BCUT2D eigenvalue weighted by Gasteiger charge is -2.27. The van der Waals surface area contributed by atoms with Crippen LogP contribution in [-0.2, 0) is 19.1 Å². The molecule has 0 fully saturated rings. The summed E-state index contributed by atoms with van der Waals surface area (Å²) in [5.41, 5.74) is 0.981. The van der Waals surface area contributed by atoms with E-state index in [4.69, 9.17) is 14.2 Å². The Labute approximate surface area is 193 Å². The van der Waals surface area contributed by atoms with Gasteiger partial charge in [-0.3, -0.25) is 14.4 Å². The normalized spacial score (nSPS) is 15.0. The predicted octanol–water partition coefficient (Wildman–Crippen LogP) is 3.30. The number of halogens is 1. The molecule has 0 saturated heterocycles. The van der Waals surface area contributed by atoms with Crippen molar-refractivity contribution in [3.05, 3.63) is 52.5 Å². The van der Waals surface area contributed by atoms with E-state index in [2.05, 4.69) is 21.0 Å². The topological polar surface area (TPSA) is 97.7 Å². The molecular weight excluding hydrogens is 482 g/mol. The van der Waals surface area contributed by atoms with Gasteiger partial charge in [0.05, 0.1) is 19.2 Å². The number of rotatable bonds is 6. The standard InChI is InChI=1S/C22H22BrN3O6/c1-13(27)25(17-7-5-16(23)6-8-17)12-21-26(14(2)28)24-22(32-21)19-11-18(30-4)9-10-20(19)31-15(3)29/h5-11,21H,12H2,1-4H3. The van der Waals surface area contributed by atoms with Gasteiger partial charge < -0.3 is 19.1 Å². The molecule has 1 heterocycles. The van der Waals surface area contributed by atoms with Crippen LogP contribution in [0.2, 0.25) is 0 Å². The van der Waals surface area contributed by atoms with Crippen molar-refractivity contribution in [1.82, 2.24) is 5.01 Å². The fraction of sp³-hybridized carbons (Fsp3) is 0.273. The number of amides is 2. The lowest BCUT2D eigenvalue weighted by Crippen LogP contribution is -2.44.